The van der Waals surface area contributed by atoms with E-state index < -0.39 is 6.10 Å². The van der Waals surface area contributed by atoms with Crippen molar-refractivity contribution in [3.63, 3.8) is 0 Å². The van der Waals surface area contributed by atoms with E-state index in [4.69, 9.17) is 27.9 Å². The molecule has 2 amide bonds. The van der Waals surface area contributed by atoms with E-state index in [-0.39, 0.29) is 11.8 Å². The normalized spacial score (nSPS) is 11.6. The van der Waals surface area contributed by atoms with E-state index >= 15 is 0 Å². The lowest BCUT2D eigenvalue weighted by Gasteiger charge is -2.18. The fraction of sp³-hybridized carbons (Fsp3) is 0.263. The number of carbonyl (C=O) groups is 2. The van der Waals surface area contributed by atoms with Crippen LogP contribution in [0.15, 0.2) is 36.4 Å². The van der Waals surface area contributed by atoms with Crippen molar-refractivity contribution in [2.24, 2.45) is 0 Å². The molecule has 2 rings (SSSR count). The molecule has 0 fully saturated rings. The summed E-state index contributed by atoms with van der Waals surface area (Å²) in [5.74, 6) is -0.0526. The second-order valence-electron chi connectivity index (χ2n) is 5.70. The zero-order chi connectivity index (χ0) is 19.3. The first kappa shape index (κ1) is 20.1. The number of rotatable bonds is 6. The third-order valence-corrected chi connectivity index (χ3v) is 4.28. The molecule has 1 unspecified atom stereocenters. The molecule has 0 heterocycles. The highest BCUT2D eigenvalue weighted by Gasteiger charge is 2.18. The molecule has 2 N–H and O–H groups in total. The molecule has 138 valence electrons. The number of carbonyl (C=O) groups excluding carboxylic acids is 2. The number of nitrogens with one attached hydrogen (secondary N) is 2. The van der Waals surface area contributed by atoms with Crippen LogP contribution in [-0.4, -0.2) is 17.9 Å². The monoisotopic (exact) mass is 394 g/mol. The molecule has 0 saturated carbocycles. The van der Waals surface area contributed by atoms with Gasteiger partial charge in [-0.15, -0.1) is 0 Å². The van der Waals surface area contributed by atoms with Crippen LogP contribution in [0.4, 0.5) is 11.4 Å². The average Bonchev–Trinajstić information content (AvgIpc) is 2.60. The Hall–Kier alpha value is -2.24. The molecule has 0 aromatic heterocycles. The van der Waals surface area contributed by atoms with Gasteiger partial charge in [0.25, 0.3) is 5.91 Å². The van der Waals surface area contributed by atoms with Crippen LogP contribution in [0.25, 0.3) is 0 Å². The van der Waals surface area contributed by atoms with Crippen molar-refractivity contribution in [1.29, 1.82) is 0 Å². The first-order valence-electron chi connectivity index (χ1n) is 8.13. The van der Waals surface area contributed by atoms with Crippen molar-refractivity contribution >= 4 is 46.4 Å². The zero-order valence-electron chi connectivity index (χ0n) is 14.7. The van der Waals surface area contributed by atoms with Crippen LogP contribution in [-0.2, 0) is 9.59 Å². The van der Waals surface area contributed by atoms with E-state index in [0.717, 1.165) is 5.56 Å². The van der Waals surface area contributed by atoms with Crippen LogP contribution < -0.4 is 15.4 Å². The third-order valence-electron chi connectivity index (χ3n) is 3.75. The summed E-state index contributed by atoms with van der Waals surface area (Å²) in [5, 5.41) is 6.43. The molecular weight excluding hydrogens is 375 g/mol. The molecule has 0 saturated heterocycles. The Kier molecular flexibility index (Phi) is 6.89. The van der Waals surface area contributed by atoms with Gasteiger partial charge in [-0.3, -0.25) is 9.59 Å². The van der Waals surface area contributed by atoms with Gasteiger partial charge in [-0.25, -0.2) is 0 Å². The van der Waals surface area contributed by atoms with Crippen LogP contribution in [0.5, 0.6) is 5.75 Å². The summed E-state index contributed by atoms with van der Waals surface area (Å²) in [4.78, 5) is 24.0. The lowest BCUT2D eigenvalue weighted by molar-refractivity contribution is -0.122. The molecule has 0 aliphatic carbocycles. The average molecular weight is 395 g/mol. The van der Waals surface area contributed by atoms with Gasteiger partial charge in [0.1, 0.15) is 5.75 Å². The number of ether oxygens (including phenoxy) is 1. The minimum atomic E-state index is -0.776. The Morgan fingerprint density at radius 2 is 1.77 bits per heavy atom. The van der Waals surface area contributed by atoms with E-state index in [1.165, 1.54) is 0 Å². The van der Waals surface area contributed by atoms with Crippen molar-refractivity contribution < 1.29 is 14.3 Å². The number of benzene rings is 2. The highest BCUT2D eigenvalue weighted by molar-refractivity contribution is 6.35. The molecule has 7 heteroatoms. The zero-order valence-corrected chi connectivity index (χ0v) is 16.2. The van der Waals surface area contributed by atoms with E-state index in [2.05, 4.69) is 10.6 Å². The van der Waals surface area contributed by atoms with Crippen LogP contribution >= 0.6 is 23.2 Å². The summed E-state index contributed by atoms with van der Waals surface area (Å²) < 4.78 is 5.61. The molecule has 0 aliphatic rings. The molecule has 5 nitrogen and oxygen atoms in total. The van der Waals surface area contributed by atoms with Crippen molar-refractivity contribution in [2.75, 3.05) is 10.6 Å². The van der Waals surface area contributed by atoms with Gasteiger partial charge in [-0.1, -0.05) is 36.2 Å². The van der Waals surface area contributed by atoms with Gasteiger partial charge < -0.3 is 15.4 Å². The number of amides is 2. The smallest absolute Gasteiger partial charge is 0.265 e. The molecule has 2 aromatic carbocycles. The van der Waals surface area contributed by atoms with Gasteiger partial charge in [-0.2, -0.15) is 0 Å². The lowest BCUT2D eigenvalue weighted by atomic mass is 10.1. The Morgan fingerprint density at radius 3 is 2.38 bits per heavy atom. The molecule has 1 atom stereocenters. The van der Waals surface area contributed by atoms with E-state index in [1.54, 1.807) is 50.2 Å². The van der Waals surface area contributed by atoms with Crippen molar-refractivity contribution in [1.82, 2.24) is 0 Å². The maximum absolute atomic E-state index is 12.4. The van der Waals surface area contributed by atoms with Gasteiger partial charge in [0.2, 0.25) is 5.91 Å². The highest BCUT2D eigenvalue weighted by atomic mass is 35.5. The standard InChI is InChI=1S/C19H20Cl2N2O3/c1-4-18(24)22-15-6-5-7-16(11(15)2)23-19(25)12(3)26-17-9-8-13(20)10-14(17)21/h5-10,12H,4H2,1-3H3,(H,22,24)(H,23,25). The lowest BCUT2D eigenvalue weighted by Crippen LogP contribution is -2.30. The predicted molar refractivity (Wildman–Crippen MR) is 105 cm³/mol. The Bertz CT molecular complexity index is 824. The SMILES string of the molecule is CCC(=O)Nc1cccc(NC(=O)C(C)Oc2ccc(Cl)cc2Cl)c1C. The first-order valence-corrected chi connectivity index (χ1v) is 8.89. The summed E-state index contributed by atoms with van der Waals surface area (Å²) in [6.07, 6.45) is -0.398. The van der Waals surface area contributed by atoms with Gasteiger partial charge in [0.05, 0.1) is 5.02 Å². The fourth-order valence-electron chi connectivity index (χ4n) is 2.19. The minimum Gasteiger partial charge on any atom is -0.479 e. The molecular formula is C19H20Cl2N2O3. The Morgan fingerprint density at radius 1 is 1.12 bits per heavy atom. The number of hydrogen-bond acceptors (Lipinski definition) is 3. The Labute approximate surface area is 162 Å². The van der Waals surface area contributed by atoms with Gasteiger partial charge in [-0.05, 0) is 49.7 Å². The van der Waals surface area contributed by atoms with Crippen LogP contribution in [0, 0.1) is 6.92 Å². The summed E-state index contributed by atoms with van der Waals surface area (Å²) in [6, 6.07) is 10.1. The molecule has 0 aliphatic heterocycles. The van der Waals surface area contributed by atoms with Crippen molar-refractivity contribution in [2.45, 2.75) is 33.3 Å². The van der Waals surface area contributed by atoms with Crippen molar-refractivity contribution in [3.05, 3.63) is 52.0 Å². The third kappa shape index (κ3) is 5.13. The number of halogens is 2. The highest BCUT2D eigenvalue weighted by Crippen LogP contribution is 2.29. The van der Waals surface area contributed by atoms with E-state index in [1.807, 2.05) is 6.92 Å². The summed E-state index contributed by atoms with van der Waals surface area (Å²) in [5.41, 5.74) is 2.02. The predicted octanol–water partition coefficient (Wildman–Crippen LogP) is 5.06. The van der Waals surface area contributed by atoms with Crippen LogP contribution in [0.2, 0.25) is 10.0 Å². The Balaban J connectivity index is 2.09. The fourth-order valence-corrected chi connectivity index (χ4v) is 2.65. The largest absolute Gasteiger partial charge is 0.479 e. The minimum absolute atomic E-state index is 0.0920. The van der Waals surface area contributed by atoms with Gasteiger partial charge in [0.15, 0.2) is 6.10 Å². The topological polar surface area (TPSA) is 67.4 Å². The van der Waals surface area contributed by atoms with Crippen molar-refractivity contribution in [3.8, 4) is 5.75 Å². The van der Waals surface area contributed by atoms with Crippen LogP contribution in [0.3, 0.4) is 0 Å². The molecule has 0 radical (unpaired) electrons. The molecule has 2 aromatic rings. The second kappa shape index (κ2) is 8.92. The maximum Gasteiger partial charge on any atom is 0.265 e. The summed E-state index contributed by atoms with van der Waals surface area (Å²) in [6.45, 7) is 5.22. The van der Waals surface area contributed by atoms with Gasteiger partial charge >= 0.3 is 0 Å². The second-order valence-corrected chi connectivity index (χ2v) is 6.55. The first-order chi connectivity index (χ1) is 12.3. The summed E-state index contributed by atoms with van der Waals surface area (Å²) >= 11 is 11.9. The summed E-state index contributed by atoms with van der Waals surface area (Å²) in [7, 11) is 0. The van der Waals surface area contributed by atoms with Gasteiger partial charge in [0, 0.05) is 22.8 Å². The number of hydrogen-bond donors (Lipinski definition) is 2. The van der Waals surface area contributed by atoms with E-state index in [9.17, 15) is 9.59 Å². The molecule has 26 heavy (non-hydrogen) atoms. The molecule has 0 spiro atoms. The van der Waals surface area contributed by atoms with Crippen LogP contribution in [0.1, 0.15) is 25.8 Å². The number of anilines is 2. The van der Waals surface area contributed by atoms with E-state index in [0.29, 0.717) is 33.6 Å². The quantitative estimate of drug-likeness (QED) is 0.719. The molecule has 0 bridgehead atoms. The maximum atomic E-state index is 12.4.